The average molecular weight is 352 g/mol. The van der Waals surface area contributed by atoms with Gasteiger partial charge in [0.25, 0.3) is 0 Å². The summed E-state index contributed by atoms with van der Waals surface area (Å²) < 4.78 is 6.58. The Bertz CT molecular complexity index is 1020. The maximum absolute atomic E-state index is 12.7. The Labute approximate surface area is 150 Å². The van der Waals surface area contributed by atoms with Crippen LogP contribution in [0.1, 0.15) is 29.6 Å². The zero-order valence-corrected chi connectivity index (χ0v) is 14.8. The predicted molar refractivity (Wildman–Crippen MR) is 95.9 cm³/mol. The third-order valence-electron chi connectivity index (χ3n) is 4.77. The highest BCUT2D eigenvalue weighted by atomic mass is 16.4. The summed E-state index contributed by atoms with van der Waals surface area (Å²) in [5.41, 5.74) is 3.01. The number of nitrogens with zero attached hydrogens (tertiary/aromatic N) is 4. The fourth-order valence-electron chi connectivity index (χ4n) is 3.53. The van der Waals surface area contributed by atoms with Gasteiger partial charge in [-0.2, -0.15) is 0 Å². The molecule has 1 aliphatic rings. The van der Waals surface area contributed by atoms with E-state index in [2.05, 4.69) is 9.97 Å². The van der Waals surface area contributed by atoms with Crippen LogP contribution in [0.25, 0.3) is 11.1 Å². The Hall–Kier alpha value is -2.96. The zero-order chi connectivity index (χ0) is 18.3. The summed E-state index contributed by atoms with van der Waals surface area (Å²) in [6.45, 7) is 5.10. The lowest BCUT2D eigenvalue weighted by molar-refractivity contribution is -0.130. The predicted octanol–water partition coefficient (Wildman–Crippen LogP) is 2.02. The SMILES string of the molecule is Cc1cc(C)nc([C@H]2CCN(C(=O)Cn3c(=O)oc4ccccc43)C2)n1. The van der Waals surface area contributed by atoms with Crippen molar-refractivity contribution in [3.63, 3.8) is 0 Å². The fraction of sp³-hybridized carbons (Fsp3) is 0.368. The van der Waals surface area contributed by atoms with Crippen molar-refractivity contribution >= 4 is 17.0 Å². The number of hydrogen-bond acceptors (Lipinski definition) is 5. The Kier molecular flexibility index (Phi) is 4.06. The van der Waals surface area contributed by atoms with E-state index in [0.29, 0.717) is 24.2 Å². The van der Waals surface area contributed by atoms with Crippen molar-refractivity contribution in [3.05, 3.63) is 58.1 Å². The Morgan fingerprint density at radius 1 is 1.23 bits per heavy atom. The van der Waals surface area contributed by atoms with Crippen LogP contribution in [0.3, 0.4) is 0 Å². The number of likely N-dealkylation sites (tertiary alicyclic amines) is 1. The fourth-order valence-corrected chi connectivity index (χ4v) is 3.53. The summed E-state index contributed by atoms with van der Waals surface area (Å²) in [6.07, 6.45) is 0.829. The number of carbonyl (C=O) groups is 1. The first-order valence-electron chi connectivity index (χ1n) is 8.69. The minimum absolute atomic E-state index is 0.0176. The van der Waals surface area contributed by atoms with Crippen molar-refractivity contribution in [1.29, 1.82) is 0 Å². The van der Waals surface area contributed by atoms with Crippen LogP contribution < -0.4 is 5.76 Å². The van der Waals surface area contributed by atoms with Gasteiger partial charge in [-0.15, -0.1) is 0 Å². The minimum atomic E-state index is -0.507. The summed E-state index contributed by atoms with van der Waals surface area (Å²) in [4.78, 5) is 35.6. The highest BCUT2D eigenvalue weighted by molar-refractivity contribution is 5.79. The van der Waals surface area contributed by atoms with Crippen molar-refractivity contribution in [2.45, 2.75) is 32.7 Å². The van der Waals surface area contributed by atoms with Crippen LogP contribution in [0.15, 0.2) is 39.5 Å². The third kappa shape index (κ3) is 3.00. The lowest BCUT2D eigenvalue weighted by Crippen LogP contribution is -2.34. The maximum atomic E-state index is 12.7. The molecule has 1 amide bonds. The van der Waals surface area contributed by atoms with E-state index >= 15 is 0 Å². The number of carbonyl (C=O) groups excluding carboxylic acids is 1. The number of oxazole rings is 1. The molecule has 1 saturated heterocycles. The second-order valence-electron chi connectivity index (χ2n) is 6.76. The summed E-state index contributed by atoms with van der Waals surface area (Å²) in [5.74, 6) is 0.331. The average Bonchev–Trinajstić information content (AvgIpc) is 3.20. The molecule has 0 radical (unpaired) electrons. The topological polar surface area (TPSA) is 81.2 Å². The second-order valence-corrected chi connectivity index (χ2v) is 6.76. The van der Waals surface area contributed by atoms with Gasteiger partial charge in [-0.25, -0.2) is 14.8 Å². The van der Waals surface area contributed by atoms with Crippen molar-refractivity contribution in [3.8, 4) is 0 Å². The minimum Gasteiger partial charge on any atom is -0.408 e. The smallest absolute Gasteiger partial charge is 0.408 e. The summed E-state index contributed by atoms with van der Waals surface area (Å²) >= 11 is 0. The molecule has 3 heterocycles. The van der Waals surface area contributed by atoms with E-state index in [9.17, 15) is 9.59 Å². The number of fused-ring (bicyclic) bond motifs is 1. The van der Waals surface area contributed by atoms with Gasteiger partial charge in [-0.05, 0) is 38.5 Å². The molecule has 0 N–H and O–H groups in total. The van der Waals surface area contributed by atoms with E-state index in [1.54, 1.807) is 23.1 Å². The molecule has 1 aliphatic heterocycles. The number of aromatic nitrogens is 3. The molecule has 0 aliphatic carbocycles. The van der Waals surface area contributed by atoms with Gasteiger partial charge in [0.2, 0.25) is 5.91 Å². The monoisotopic (exact) mass is 352 g/mol. The molecule has 1 fully saturated rings. The van der Waals surface area contributed by atoms with Gasteiger partial charge in [-0.3, -0.25) is 9.36 Å². The number of para-hydroxylation sites is 2. The van der Waals surface area contributed by atoms with E-state index in [1.165, 1.54) is 4.57 Å². The van der Waals surface area contributed by atoms with Crippen LogP contribution in [0.5, 0.6) is 0 Å². The second kappa shape index (κ2) is 6.40. The summed E-state index contributed by atoms with van der Waals surface area (Å²) in [6, 6.07) is 9.07. The molecule has 0 spiro atoms. The van der Waals surface area contributed by atoms with Crippen LogP contribution >= 0.6 is 0 Å². The first-order valence-corrected chi connectivity index (χ1v) is 8.69. The van der Waals surface area contributed by atoms with Gasteiger partial charge < -0.3 is 9.32 Å². The molecule has 1 aromatic carbocycles. The number of benzene rings is 1. The first-order chi connectivity index (χ1) is 12.5. The largest absolute Gasteiger partial charge is 0.420 e. The van der Waals surface area contributed by atoms with Gasteiger partial charge in [0, 0.05) is 30.4 Å². The molecule has 4 rings (SSSR count). The van der Waals surface area contributed by atoms with Crippen LogP contribution in [0.2, 0.25) is 0 Å². The van der Waals surface area contributed by atoms with E-state index in [0.717, 1.165) is 23.6 Å². The normalized spacial score (nSPS) is 17.2. The lowest BCUT2D eigenvalue weighted by Gasteiger charge is -2.16. The lowest BCUT2D eigenvalue weighted by atomic mass is 10.1. The maximum Gasteiger partial charge on any atom is 0.420 e. The van der Waals surface area contributed by atoms with Gasteiger partial charge in [-0.1, -0.05) is 12.1 Å². The standard InChI is InChI=1S/C19H20N4O3/c1-12-9-13(2)21-18(20-12)14-7-8-22(10-14)17(24)11-23-15-5-3-4-6-16(15)26-19(23)25/h3-6,9,14H,7-8,10-11H2,1-2H3/t14-/m0/s1. The van der Waals surface area contributed by atoms with Crippen LogP contribution in [0, 0.1) is 13.8 Å². The first kappa shape index (κ1) is 16.5. The summed E-state index contributed by atoms with van der Waals surface area (Å²) in [7, 11) is 0. The quantitative estimate of drug-likeness (QED) is 0.720. The molecule has 2 aromatic heterocycles. The number of aryl methyl sites for hydroxylation is 2. The number of rotatable bonds is 3. The molecule has 134 valence electrons. The van der Waals surface area contributed by atoms with E-state index in [4.69, 9.17) is 4.42 Å². The Morgan fingerprint density at radius 2 is 1.96 bits per heavy atom. The molecule has 0 saturated carbocycles. The van der Waals surface area contributed by atoms with Gasteiger partial charge >= 0.3 is 5.76 Å². The molecular formula is C19H20N4O3. The van der Waals surface area contributed by atoms with E-state index in [-0.39, 0.29) is 18.4 Å². The third-order valence-corrected chi connectivity index (χ3v) is 4.77. The van der Waals surface area contributed by atoms with E-state index in [1.807, 2.05) is 26.0 Å². The summed E-state index contributed by atoms with van der Waals surface area (Å²) in [5, 5.41) is 0. The molecule has 3 aromatic rings. The van der Waals surface area contributed by atoms with Crippen LogP contribution in [-0.2, 0) is 11.3 Å². The molecular weight excluding hydrogens is 332 g/mol. The van der Waals surface area contributed by atoms with Gasteiger partial charge in [0.05, 0.1) is 5.52 Å². The van der Waals surface area contributed by atoms with Crippen molar-refractivity contribution in [2.75, 3.05) is 13.1 Å². The number of hydrogen-bond donors (Lipinski definition) is 0. The van der Waals surface area contributed by atoms with Gasteiger partial charge in [0.15, 0.2) is 5.58 Å². The molecule has 7 heteroatoms. The van der Waals surface area contributed by atoms with Gasteiger partial charge in [0.1, 0.15) is 12.4 Å². The zero-order valence-electron chi connectivity index (χ0n) is 14.8. The molecule has 0 unspecified atom stereocenters. The highest BCUT2D eigenvalue weighted by Gasteiger charge is 2.30. The highest BCUT2D eigenvalue weighted by Crippen LogP contribution is 2.25. The van der Waals surface area contributed by atoms with E-state index < -0.39 is 5.76 Å². The van der Waals surface area contributed by atoms with Crippen LogP contribution in [-0.4, -0.2) is 38.4 Å². The van der Waals surface area contributed by atoms with Crippen LogP contribution in [0.4, 0.5) is 0 Å². The molecule has 0 bridgehead atoms. The molecule has 26 heavy (non-hydrogen) atoms. The Balaban J connectivity index is 1.51. The molecule has 1 atom stereocenters. The Morgan fingerprint density at radius 3 is 2.73 bits per heavy atom. The van der Waals surface area contributed by atoms with Crippen molar-refractivity contribution in [1.82, 2.24) is 19.4 Å². The van der Waals surface area contributed by atoms with Crippen molar-refractivity contribution in [2.24, 2.45) is 0 Å². The molecule has 7 nitrogen and oxygen atoms in total. The number of amides is 1. The van der Waals surface area contributed by atoms with Crippen molar-refractivity contribution < 1.29 is 9.21 Å².